The number of halogens is 1. The van der Waals surface area contributed by atoms with Crippen molar-refractivity contribution in [2.45, 2.75) is 13.5 Å². The van der Waals surface area contributed by atoms with Gasteiger partial charge in [-0.15, -0.1) is 11.3 Å². The Morgan fingerprint density at radius 3 is 2.90 bits per heavy atom. The quantitative estimate of drug-likeness (QED) is 0.856. The van der Waals surface area contributed by atoms with Crippen LogP contribution in [0.4, 0.5) is 4.39 Å². The van der Waals surface area contributed by atoms with Crippen LogP contribution < -0.4 is 5.32 Å². The molecule has 2 rings (SSSR count). The number of hydrogen-bond acceptors (Lipinski definition) is 3. The third kappa shape index (κ3) is 4.42. The molecule has 0 aliphatic carbocycles. The second kappa shape index (κ2) is 7.02. The number of hydrogen-bond donors (Lipinski definition) is 2. The molecule has 5 heteroatoms. The van der Waals surface area contributed by atoms with Crippen LogP contribution in [-0.4, -0.2) is 17.6 Å². The molecule has 21 heavy (non-hydrogen) atoms. The lowest BCUT2D eigenvalue weighted by molar-refractivity contribution is 0.0950. The second-order valence-electron chi connectivity index (χ2n) is 4.43. The largest absolute Gasteiger partial charge is 0.384 e. The molecule has 0 aliphatic heterocycles. The van der Waals surface area contributed by atoms with Crippen LogP contribution in [0.2, 0.25) is 0 Å². The van der Waals surface area contributed by atoms with E-state index in [1.807, 2.05) is 12.1 Å². The van der Waals surface area contributed by atoms with E-state index < -0.39 is 5.82 Å². The molecule has 0 saturated carbocycles. The van der Waals surface area contributed by atoms with Gasteiger partial charge in [-0.2, -0.15) is 0 Å². The van der Waals surface area contributed by atoms with Crippen molar-refractivity contribution in [3.8, 4) is 11.8 Å². The molecule has 0 spiro atoms. The molecule has 0 aliphatic rings. The zero-order valence-corrected chi connectivity index (χ0v) is 12.3. The van der Waals surface area contributed by atoms with Crippen molar-refractivity contribution in [2.75, 3.05) is 6.61 Å². The van der Waals surface area contributed by atoms with Gasteiger partial charge in [-0.25, -0.2) is 4.39 Å². The highest BCUT2D eigenvalue weighted by Crippen LogP contribution is 2.15. The summed E-state index contributed by atoms with van der Waals surface area (Å²) >= 11 is 1.44. The Bertz CT molecular complexity index is 692. The van der Waals surface area contributed by atoms with Crippen molar-refractivity contribution >= 4 is 17.2 Å². The van der Waals surface area contributed by atoms with E-state index >= 15 is 0 Å². The molecule has 108 valence electrons. The average molecular weight is 303 g/mol. The first-order valence-corrected chi connectivity index (χ1v) is 7.14. The van der Waals surface area contributed by atoms with Crippen molar-refractivity contribution in [1.29, 1.82) is 0 Å². The predicted octanol–water partition coefficient (Wildman–Crippen LogP) is 2.47. The molecule has 0 saturated heterocycles. The molecular formula is C16H14FNO2S. The average Bonchev–Trinajstić information content (AvgIpc) is 2.89. The van der Waals surface area contributed by atoms with E-state index in [0.717, 1.165) is 9.75 Å². The fourth-order valence-corrected chi connectivity index (χ4v) is 2.63. The number of aryl methyl sites for hydroxylation is 1. The van der Waals surface area contributed by atoms with E-state index in [-0.39, 0.29) is 12.5 Å². The number of carbonyl (C=O) groups excluding carboxylic acids is 1. The lowest BCUT2D eigenvalue weighted by Gasteiger charge is -2.05. The van der Waals surface area contributed by atoms with Crippen molar-refractivity contribution in [2.24, 2.45) is 0 Å². The Kier molecular flexibility index (Phi) is 5.09. The van der Waals surface area contributed by atoms with E-state index in [9.17, 15) is 9.18 Å². The molecule has 0 bridgehead atoms. The molecule has 1 heterocycles. The fraction of sp³-hybridized carbons (Fsp3) is 0.188. The zero-order chi connectivity index (χ0) is 15.2. The third-order valence-electron chi connectivity index (χ3n) is 2.68. The lowest BCUT2D eigenvalue weighted by Crippen LogP contribution is -2.22. The summed E-state index contributed by atoms with van der Waals surface area (Å²) in [6.07, 6.45) is 0. The maximum Gasteiger partial charge on any atom is 0.251 e. The summed E-state index contributed by atoms with van der Waals surface area (Å²) in [5.74, 6) is 4.64. The number of benzene rings is 1. The number of amides is 1. The maximum absolute atomic E-state index is 13.3. The summed E-state index contributed by atoms with van der Waals surface area (Å²) in [6.45, 7) is 1.92. The van der Waals surface area contributed by atoms with Crippen LogP contribution in [0.15, 0.2) is 30.3 Å². The van der Waals surface area contributed by atoms with Crippen LogP contribution in [0.3, 0.4) is 0 Å². The minimum absolute atomic E-state index is 0.178. The Balaban J connectivity index is 1.99. The summed E-state index contributed by atoms with van der Waals surface area (Å²) < 4.78 is 13.3. The number of rotatable bonds is 3. The van der Waals surface area contributed by atoms with Gasteiger partial charge in [-0.3, -0.25) is 4.79 Å². The Morgan fingerprint density at radius 1 is 1.38 bits per heavy atom. The number of nitrogens with one attached hydrogen (secondary N) is 1. The van der Waals surface area contributed by atoms with E-state index in [1.165, 1.54) is 23.5 Å². The molecule has 1 aromatic heterocycles. The topological polar surface area (TPSA) is 49.3 Å². The molecule has 0 unspecified atom stereocenters. The van der Waals surface area contributed by atoms with Crippen molar-refractivity contribution in [3.63, 3.8) is 0 Å². The van der Waals surface area contributed by atoms with Gasteiger partial charge in [-0.1, -0.05) is 11.8 Å². The highest BCUT2D eigenvalue weighted by atomic mass is 32.1. The fourth-order valence-electron chi connectivity index (χ4n) is 1.80. The van der Waals surface area contributed by atoms with Crippen LogP contribution in [0, 0.1) is 24.6 Å². The van der Waals surface area contributed by atoms with Crippen LogP contribution in [0.25, 0.3) is 0 Å². The number of carbonyl (C=O) groups is 1. The summed E-state index contributed by atoms with van der Waals surface area (Å²) in [4.78, 5) is 13.7. The summed E-state index contributed by atoms with van der Waals surface area (Å²) in [5, 5.41) is 11.4. The molecule has 3 nitrogen and oxygen atoms in total. The van der Waals surface area contributed by atoms with Gasteiger partial charge in [0.2, 0.25) is 0 Å². The SMILES string of the molecule is Cc1cc(F)cc(C(=O)NCc2ccc(C#CCO)s2)c1. The molecule has 2 N–H and O–H groups in total. The first kappa shape index (κ1) is 15.2. The van der Waals surface area contributed by atoms with Gasteiger partial charge in [0.25, 0.3) is 5.91 Å². The first-order chi connectivity index (χ1) is 10.1. The van der Waals surface area contributed by atoms with Gasteiger partial charge < -0.3 is 10.4 Å². The van der Waals surface area contributed by atoms with Crippen LogP contribution in [-0.2, 0) is 6.54 Å². The highest BCUT2D eigenvalue weighted by molar-refractivity contribution is 7.12. The Hall–Kier alpha value is -2.16. The molecular weight excluding hydrogens is 289 g/mol. The summed E-state index contributed by atoms with van der Waals surface area (Å²) in [5.41, 5.74) is 1.02. The second-order valence-corrected chi connectivity index (χ2v) is 5.59. The smallest absolute Gasteiger partial charge is 0.251 e. The van der Waals surface area contributed by atoms with Gasteiger partial charge in [0, 0.05) is 10.4 Å². The minimum atomic E-state index is -0.419. The zero-order valence-electron chi connectivity index (χ0n) is 11.4. The van der Waals surface area contributed by atoms with Crippen LogP contribution >= 0.6 is 11.3 Å². The summed E-state index contributed by atoms with van der Waals surface area (Å²) in [7, 11) is 0. The molecule has 0 radical (unpaired) electrons. The van der Waals surface area contributed by atoms with Gasteiger partial charge in [0.15, 0.2) is 0 Å². The lowest BCUT2D eigenvalue weighted by atomic mass is 10.1. The van der Waals surface area contributed by atoms with Gasteiger partial charge in [-0.05, 0) is 42.8 Å². The molecule has 0 atom stereocenters. The molecule has 1 amide bonds. The monoisotopic (exact) mass is 303 g/mol. The number of aliphatic hydroxyl groups excluding tert-OH is 1. The summed E-state index contributed by atoms with van der Waals surface area (Å²) in [6, 6.07) is 7.94. The van der Waals surface area contributed by atoms with E-state index in [4.69, 9.17) is 5.11 Å². The minimum Gasteiger partial charge on any atom is -0.384 e. The van der Waals surface area contributed by atoms with Crippen LogP contribution in [0.5, 0.6) is 0 Å². The molecule has 2 aromatic rings. The van der Waals surface area contributed by atoms with Gasteiger partial charge in [0.05, 0.1) is 11.4 Å². The van der Waals surface area contributed by atoms with Gasteiger partial charge in [0.1, 0.15) is 12.4 Å². The Labute approximate surface area is 126 Å². The van der Waals surface area contributed by atoms with E-state index in [0.29, 0.717) is 17.7 Å². The van der Waals surface area contributed by atoms with Crippen molar-refractivity contribution < 1.29 is 14.3 Å². The first-order valence-electron chi connectivity index (χ1n) is 6.32. The normalized spacial score (nSPS) is 9.86. The highest BCUT2D eigenvalue weighted by Gasteiger charge is 2.08. The van der Waals surface area contributed by atoms with E-state index in [2.05, 4.69) is 17.2 Å². The van der Waals surface area contributed by atoms with Crippen molar-refractivity contribution in [1.82, 2.24) is 5.32 Å². The molecule has 1 aromatic carbocycles. The Morgan fingerprint density at radius 2 is 2.19 bits per heavy atom. The number of aliphatic hydroxyl groups is 1. The van der Waals surface area contributed by atoms with Crippen molar-refractivity contribution in [3.05, 3.63) is 57.0 Å². The number of thiophene rings is 1. The van der Waals surface area contributed by atoms with E-state index in [1.54, 1.807) is 13.0 Å². The third-order valence-corrected chi connectivity index (χ3v) is 3.68. The molecule has 0 fully saturated rings. The predicted molar refractivity (Wildman–Crippen MR) is 80.6 cm³/mol. The van der Waals surface area contributed by atoms with Crippen LogP contribution in [0.1, 0.15) is 25.7 Å². The standard InChI is InChI=1S/C16H14FNO2S/c1-11-7-12(9-13(17)8-11)16(20)18-10-15-5-4-14(21-15)3-2-6-19/h4-5,7-9,19H,6,10H2,1H3,(H,18,20). The maximum atomic E-state index is 13.3. The van der Waals surface area contributed by atoms with Gasteiger partial charge >= 0.3 is 0 Å².